The number of fused-ring (bicyclic) bond motifs is 1. The zero-order valence-electron chi connectivity index (χ0n) is 19.7. The number of benzene rings is 2. The average Bonchev–Trinajstić information content (AvgIpc) is 3.43. The van der Waals surface area contributed by atoms with Crippen molar-refractivity contribution < 1.29 is 12.8 Å². The van der Waals surface area contributed by atoms with Crippen molar-refractivity contribution in [2.75, 3.05) is 5.32 Å². The number of aryl methyl sites for hydroxylation is 1. The molecule has 0 fully saturated rings. The number of aromatic nitrogens is 3. The third kappa shape index (κ3) is 4.46. The van der Waals surface area contributed by atoms with E-state index in [1.165, 1.54) is 22.2 Å². The standard InChI is InChI=1S/C26H19ClFN5O2S2/c1-3-19-24(32-26-31-23(21(14-29)36-26)16-6-8-17(28)9-7-16)25-20(12-13-22(27)30-25)33(19)37(34,35)18-10-4-15(2)5-11-18/h4-13H,3H2,1-2H3,(H,31,32). The zero-order valence-corrected chi connectivity index (χ0v) is 22.0. The molecule has 1 N–H and O–H groups in total. The third-order valence-electron chi connectivity index (χ3n) is 5.80. The van der Waals surface area contributed by atoms with Crippen LogP contribution in [0.2, 0.25) is 5.15 Å². The summed E-state index contributed by atoms with van der Waals surface area (Å²) in [6.07, 6.45) is 0.350. The van der Waals surface area contributed by atoms with Crippen molar-refractivity contribution in [3.63, 3.8) is 0 Å². The van der Waals surface area contributed by atoms with E-state index in [0.717, 1.165) is 16.9 Å². The summed E-state index contributed by atoms with van der Waals surface area (Å²) < 4.78 is 42.3. The van der Waals surface area contributed by atoms with Gasteiger partial charge in [0.2, 0.25) is 0 Å². The number of hydrogen-bond donors (Lipinski definition) is 1. The molecule has 2 aromatic carbocycles. The fraction of sp³-hybridized carbons (Fsp3) is 0.115. The summed E-state index contributed by atoms with van der Waals surface area (Å²) in [5, 5.41) is 13.4. The van der Waals surface area contributed by atoms with Crippen molar-refractivity contribution in [1.82, 2.24) is 13.9 Å². The Hall–Kier alpha value is -3.78. The van der Waals surface area contributed by atoms with Gasteiger partial charge < -0.3 is 5.32 Å². The molecule has 0 saturated heterocycles. The highest BCUT2D eigenvalue weighted by molar-refractivity contribution is 7.90. The van der Waals surface area contributed by atoms with E-state index in [1.54, 1.807) is 42.5 Å². The van der Waals surface area contributed by atoms with Crippen LogP contribution >= 0.6 is 22.9 Å². The molecule has 0 saturated carbocycles. The van der Waals surface area contributed by atoms with E-state index >= 15 is 0 Å². The zero-order chi connectivity index (χ0) is 26.3. The van der Waals surface area contributed by atoms with Gasteiger partial charge in [-0.25, -0.2) is 26.7 Å². The van der Waals surface area contributed by atoms with Crippen molar-refractivity contribution in [1.29, 1.82) is 5.26 Å². The van der Waals surface area contributed by atoms with E-state index in [-0.39, 0.29) is 10.0 Å². The fourth-order valence-electron chi connectivity index (χ4n) is 4.06. The second-order valence-electron chi connectivity index (χ2n) is 8.20. The minimum absolute atomic E-state index is 0.144. The largest absolute Gasteiger partial charge is 0.328 e. The molecule has 0 aliphatic heterocycles. The molecule has 0 amide bonds. The molecule has 0 bridgehead atoms. The topological polar surface area (TPSA) is 101 Å². The summed E-state index contributed by atoms with van der Waals surface area (Å²) in [5.41, 5.74) is 3.54. The van der Waals surface area contributed by atoms with Crippen LogP contribution in [0.5, 0.6) is 0 Å². The van der Waals surface area contributed by atoms with Gasteiger partial charge in [-0.05, 0) is 61.9 Å². The highest BCUT2D eigenvalue weighted by Crippen LogP contribution is 2.39. The predicted molar refractivity (Wildman–Crippen MR) is 143 cm³/mol. The third-order valence-corrected chi connectivity index (χ3v) is 8.65. The van der Waals surface area contributed by atoms with Gasteiger partial charge in [-0.2, -0.15) is 5.26 Å². The number of hydrogen-bond acceptors (Lipinski definition) is 7. The van der Waals surface area contributed by atoms with Crippen LogP contribution in [0.3, 0.4) is 0 Å². The normalized spacial score (nSPS) is 11.5. The van der Waals surface area contributed by atoms with Gasteiger partial charge in [0.15, 0.2) is 5.13 Å². The maximum absolute atomic E-state index is 13.8. The molecular formula is C26H19ClFN5O2S2. The molecule has 37 heavy (non-hydrogen) atoms. The molecule has 0 radical (unpaired) electrons. The van der Waals surface area contributed by atoms with Crippen molar-refractivity contribution >= 4 is 54.8 Å². The summed E-state index contributed by atoms with van der Waals surface area (Å²) in [7, 11) is -3.98. The van der Waals surface area contributed by atoms with Crippen LogP contribution in [0.4, 0.5) is 15.2 Å². The number of anilines is 2. The van der Waals surface area contributed by atoms with E-state index < -0.39 is 15.8 Å². The second kappa shape index (κ2) is 9.59. The molecule has 11 heteroatoms. The van der Waals surface area contributed by atoms with Gasteiger partial charge in [0.1, 0.15) is 33.1 Å². The number of nitriles is 1. The Morgan fingerprint density at radius 2 is 1.78 bits per heavy atom. The van der Waals surface area contributed by atoms with Crippen molar-refractivity contribution in [2.24, 2.45) is 0 Å². The highest BCUT2D eigenvalue weighted by atomic mass is 35.5. The minimum Gasteiger partial charge on any atom is -0.328 e. The summed E-state index contributed by atoms with van der Waals surface area (Å²) in [4.78, 5) is 9.46. The van der Waals surface area contributed by atoms with Crippen LogP contribution in [-0.2, 0) is 16.4 Å². The number of thiazole rings is 1. The Morgan fingerprint density at radius 3 is 2.43 bits per heavy atom. The number of pyridine rings is 1. The highest BCUT2D eigenvalue weighted by Gasteiger charge is 2.28. The molecule has 3 aromatic heterocycles. The summed E-state index contributed by atoms with van der Waals surface area (Å²) in [5.74, 6) is -0.394. The molecule has 186 valence electrons. The molecule has 7 nitrogen and oxygen atoms in total. The maximum Gasteiger partial charge on any atom is 0.268 e. The Balaban J connectivity index is 1.69. The molecule has 0 aliphatic rings. The smallest absolute Gasteiger partial charge is 0.268 e. The quantitative estimate of drug-likeness (QED) is 0.236. The van der Waals surface area contributed by atoms with Gasteiger partial charge >= 0.3 is 0 Å². The molecule has 3 heterocycles. The summed E-state index contributed by atoms with van der Waals surface area (Å²) in [6, 6.07) is 17.6. The fourth-order valence-corrected chi connectivity index (χ4v) is 6.61. The van der Waals surface area contributed by atoms with Gasteiger partial charge in [0.05, 0.1) is 21.8 Å². The number of rotatable bonds is 6. The van der Waals surface area contributed by atoms with Crippen LogP contribution in [0.15, 0.2) is 65.6 Å². The van der Waals surface area contributed by atoms with E-state index in [1.807, 2.05) is 13.8 Å². The lowest BCUT2D eigenvalue weighted by atomic mass is 10.1. The van der Waals surface area contributed by atoms with Crippen molar-refractivity contribution in [2.45, 2.75) is 25.2 Å². The first kappa shape index (κ1) is 24.9. The van der Waals surface area contributed by atoms with E-state index in [0.29, 0.717) is 50.1 Å². The number of halogens is 2. The Labute approximate surface area is 221 Å². The van der Waals surface area contributed by atoms with Crippen LogP contribution < -0.4 is 5.32 Å². The first-order valence-corrected chi connectivity index (χ1v) is 13.8. The van der Waals surface area contributed by atoms with E-state index in [4.69, 9.17) is 11.6 Å². The van der Waals surface area contributed by atoms with Gasteiger partial charge in [0.25, 0.3) is 10.0 Å². The van der Waals surface area contributed by atoms with Crippen LogP contribution in [0.25, 0.3) is 22.3 Å². The van der Waals surface area contributed by atoms with Crippen LogP contribution in [-0.4, -0.2) is 22.4 Å². The lowest BCUT2D eigenvalue weighted by Crippen LogP contribution is -2.16. The van der Waals surface area contributed by atoms with Gasteiger partial charge in [-0.1, -0.05) is 47.6 Å². The molecule has 5 aromatic rings. The minimum atomic E-state index is -3.98. The average molecular weight is 552 g/mol. The Bertz CT molecular complexity index is 1790. The first-order chi connectivity index (χ1) is 17.7. The lowest BCUT2D eigenvalue weighted by molar-refractivity contribution is 0.587. The van der Waals surface area contributed by atoms with E-state index in [2.05, 4.69) is 21.4 Å². The Morgan fingerprint density at radius 1 is 1.08 bits per heavy atom. The predicted octanol–water partition coefficient (Wildman–Crippen LogP) is 6.68. The maximum atomic E-state index is 13.8. The SMILES string of the molecule is CCc1c(Nc2nc(-c3ccc(F)cc3)c(C#N)s2)c2nc(Cl)ccc2n1S(=O)(=O)c1ccc(C)cc1. The molecular weight excluding hydrogens is 533 g/mol. The summed E-state index contributed by atoms with van der Waals surface area (Å²) in [6.45, 7) is 3.73. The van der Waals surface area contributed by atoms with Gasteiger partial charge in [0, 0.05) is 5.56 Å². The van der Waals surface area contributed by atoms with Crippen molar-refractivity contribution in [3.8, 4) is 17.3 Å². The summed E-state index contributed by atoms with van der Waals surface area (Å²) >= 11 is 7.31. The molecule has 0 spiro atoms. The second-order valence-corrected chi connectivity index (χ2v) is 11.4. The number of nitrogens with one attached hydrogen (secondary N) is 1. The lowest BCUT2D eigenvalue weighted by Gasteiger charge is -2.12. The molecule has 0 atom stereocenters. The van der Waals surface area contributed by atoms with Crippen LogP contribution in [0, 0.1) is 24.1 Å². The van der Waals surface area contributed by atoms with Gasteiger partial charge in [-0.15, -0.1) is 0 Å². The number of nitrogens with zero attached hydrogens (tertiary/aromatic N) is 4. The molecule has 5 rings (SSSR count). The van der Waals surface area contributed by atoms with Crippen molar-refractivity contribution in [3.05, 3.63) is 87.8 Å². The molecule has 0 unspecified atom stereocenters. The van der Waals surface area contributed by atoms with Gasteiger partial charge in [-0.3, -0.25) is 0 Å². The Kier molecular flexibility index (Phi) is 6.45. The van der Waals surface area contributed by atoms with Crippen LogP contribution in [0.1, 0.15) is 23.1 Å². The first-order valence-electron chi connectivity index (χ1n) is 11.2. The monoisotopic (exact) mass is 551 g/mol. The van der Waals surface area contributed by atoms with E-state index in [9.17, 15) is 18.1 Å². The molecule has 0 aliphatic carbocycles.